The summed E-state index contributed by atoms with van der Waals surface area (Å²) >= 11 is -2.24. The average Bonchev–Trinajstić information content (AvgIpc) is 0.679. The van der Waals surface area contributed by atoms with Crippen molar-refractivity contribution >= 4 is 64.3 Å². The van der Waals surface area contributed by atoms with Crippen LogP contribution in [0.15, 0.2) is 83.0 Å². The predicted molar refractivity (Wildman–Crippen MR) is 320 cm³/mol. The number of carbonyl (C=O) groups is 8. The number of carboxylic acid groups (broad SMARTS) is 1. The van der Waals surface area contributed by atoms with E-state index < -0.39 is 195 Å². The predicted octanol–water partition coefficient (Wildman–Crippen LogP) is 5.67. The van der Waals surface area contributed by atoms with Gasteiger partial charge in [-0.1, -0.05) is 77.9 Å². The first kappa shape index (κ1) is 74.4. The first-order chi connectivity index (χ1) is 42.2. The third-order valence-electron chi connectivity index (χ3n) is 20.7. The van der Waals surface area contributed by atoms with E-state index in [1.807, 2.05) is 0 Å². The Kier molecular flexibility index (Phi) is 22.6. The maximum absolute atomic E-state index is 14.9. The van der Waals surface area contributed by atoms with Gasteiger partial charge < -0.3 is 74.0 Å². The van der Waals surface area contributed by atoms with Crippen molar-refractivity contribution in [3.05, 3.63) is 94.1 Å². The topological polar surface area (TPSA) is 363 Å². The molecule has 2 aromatic rings. The van der Waals surface area contributed by atoms with E-state index >= 15 is 0 Å². The second-order valence-corrected chi connectivity index (χ2v) is 40.0. The van der Waals surface area contributed by atoms with E-state index in [1.54, 1.807) is 91.8 Å². The molecule has 8 aliphatic rings. The summed E-state index contributed by atoms with van der Waals surface area (Å²) < 4.78 is 41.4. The monoisotopic (exact) mass is 1460 g/mol. The molecule has 0 amide bonds. The Morgan fingerprint density at radius 2 is 0.934 bits per heavy atom. The summed E-state index contributed by atoms with van der Waals surface area (Å²) in [6, 6.07) is 16.1. The van der Waals surface area contributed by atoms with Gasteiger partial charge in [-0.2, -0.15) is 0 Å². The Balaban J connectivity index is 0.000000229. The number of Topliss-reactive ketones (excluding diaryl/α,β-unsaturated/α-hetero) is 2. The first-order valence-corrected chi connectivity index (χ1v) is 41.8. The molecule has 10 rings (SSSR count). The molecule has 4 saturated carbocycles. The van der Waals surface area contributed by atoms with Crippen LogP contribution in [0.4, 0.5) is 0 Å². The molecule has 2 aliphatic heterocycles. The Hall–Kier alpha value is -4.03. The number of halogens is 3. The zero-order chi connectivity index (χ0) is 68.3. The van der Waals surface area contributed by atoms with E-state index in [9.17, 15) is 74.1 Å². The quantitative estimate of drug-likeness (QED) is 0.0851. The van der Waals surface area contributed by atoms with Gasteiger partial charge in [-0.25, -0.2) is 9.59 Å². The summed E-state index contributed by atoms with van der Waals surface area (Å²) in [6.45, 7) is 17.8. The van der Waals surface area contributed by atoms with Gasteiger partial charge in [0, 0.05) is 63.2 Å². The van der Waals surface area contributed by atoms with E-state index in [0.29, 0.717) is 11.1 Å². The minimum absolute atomic E-state index is 0.0589. The third kappa shape index (κ3) is 12.8. The van der Waals surface area contributed by atoms with Gasteiger partial charge in [0.2, 0.25) is 0 Å². The molecule has 23 nitrogen and oxygen atoms in total. The number of aliphatic carboxylic acids is 1. The fourth-order valence-electron chi connectivity index (χ4n) is 15.6. The second kappa shape index (κ2) is 27.6. The molecule has 501 valence electrons. The molecule has 0 spiro atoms. The van der Waals surface area contributed by atoms with Crippen LogP contribution in [0.1, 0.15) is 142 Å². The van der Waals surface area contributed by atoms with Crippen molar-refractivity contribution in [2.24, 2.45) is 33.5 Å². The van der Waals surface area contributed by atoms with E-state index in [-0.39, 0.29) is 74.0 Å². The van der Waals surface area contributed by atoms with E-state index in [1.165, 1.54) is 52.0 Å². The van der Waals surface area contributed by atoms with Crippen LogP contribution in [-0.4, -0.2) is 185 Å². The number of esters is 5. The minimum atomic E-state index is -2.24. The average molecular weight is 1470 g/mol. The number of carbonyl (C=O) groups excluding carboxylic acids is 7. The standard InChI is InChI=1S/C32H40O11.C29H36O10.C3H6O2.Ce.3ClH/c1-7-22(36)41-24-23-16(2)19(34)14-32(39,29(23,4)5)27(42-28(38)18-11-9-8-10-12-18)25-30(6,26(24)37)20(35)13-21-31(25,15-40-21)43-17(3)33;1-14-17(31)12-29(36)24(38-25(35)16-9-7-6-8-10-16)22-27(5,23(34)21(33)20(14)26(29,3)4)18(32)11-19-28(22,13-37-19)39-15(2)30;1-2-3(4)5;;;;/h8-12,19-21,24-25,27,34-35,39H,7,13-15H2,1-6H3;6-10,17-19,21-22,24,31-33,36H,11-13H2,1-5H3;2H2,1H3,(H,4,5);;3*1H/q;;;+3;;;/p-3/t19-,20-,21+,24+,25?,27-,30+,31-,32+;17-,18-,19+,21+,22?,24-,27+,28-,29+;;;;;/m00...../s1. The van der Waals surface area contributed by atoms with Crippen LogP contribution in [0.2, 0.25) is 0 Å². The Labute approximate surface area is 548 Å². The summed E-state index contributed by atoms with van der Waals surface area (Å²) in [5.41, 5.74) is 2.45. The zero-order valence-electron chi connectivity index (χ0n) is 52.7. The van der Waals surface area contributed by atoms with Crippen LogP contribution in [0.3, 0.4) is 0 Å². The van der Waals surface area contributed by atoms with Crippen LogP contribution < -0.4 is 0 Å². The number of carboxylic acids is 1. The molecule has 8 N–H and O–H groups in total. The fraction of sp³-hybridized carbons (Fsp3) is 0.625. The van der Waals surface area contributed by atoms with Crippen molar-refractivity contribution in [2.75, 3.05) is 13.2 Å². The number of hydrogen-bond donors (Lipinski definition) is 8. The summed E-state index contributed by atoms with van der Waals surface area (Å²) in [4.78, 5) is 104. The molecule has 4 bridgehead atoms. The number of rotatable bonds is 9. The number of ketones is 2. The molecular weight excluding hydrogens is 1380 g/mol. The van der Waals surface area contributed by atoms with Crippen LogP contribution in [-0.2, 0) is 61.9 Å². The molecule has 6 fully saturated rings. The van der Waals surface area contributed by atoms with Crippen molar-refractivity contribution in [1.29, 1.82) is 0 Å². The fourth-order valence-corrected chi connectivity index (χ4v) is 15.6. The zero-order valence-corrected chi connectivity index (χ0v) is 58.1. The van der Waals surface area contributed by atoms with Gasteiger partial charge in [-0.3, -0.25) is 28.8 Å². The summed E-state index contributed by atoms with van der Waals surface area (Å²) in [7, 11) is 0. The van der Waals surface area contributed by atoms with Crippen LogP contribution in [0.25, 0.3) is 0 Å². The number of benzene rings is 2. The third-order valence-corrected chi connectivity index (χ3v) is 20.7. The molecular formula is C64H82CeCl3O23. The Morgan fingerprint density at radius 3 is 1.26 bits per heavy atom. The van der Waals surface area contributed by atoms with Crippen molar-refractivity contribution in [3.8, 4) is 0 Å². The van der Waals surface area contributed by atoms with Crippen LogP contribution in [0.5, 0.6) is 0 Å². The van der Waals surface area contributed by atoms with Crippen molar-refractivity contribution < 1.29 is 143 Å². The van der Waals surface area contributed by atoms with Crippen molar-refractivity contribution in [3.63, 3.8) is 0 Å². The molecule has 6 aliphatic carbocycles. The molecule has 18 atom stereocenters. The molecule has 2 aromatic carbocycles. The number of hydrogen-bond acceptors (Lipinski definition) is 22. The van der Waals surface area contributed by atoms with Gasteiger partial charge >= 0.3 is 83.4 Å². The number of aliphatic hydroxyl groups excluding tert-OH is 5. The summed E-state index contributed by atoms with van der Waals surface area (Å²) in [6.07, 6.45) is -14.4. The number of aliphatic hydroxyl groups is 7. The van der Waals surface area contributed by atoms with E-state index in [2.05, 4.69) is 0 Å². The van der Waals surface area contributed by atoms with Gasteiger partial charge in [0.05, 0.1) is 71.4 Å². The van der Waals surface area contributed by atoms with Gasteiger partial charge in [0.1, 0.15) is 41.7 Å². The molecule has 2 unspecified atom stereocenters. The number of fused-ring (bicyclic) bond motifs is 10. The van der Waals surface area contributed by atoms with E-state index in [4.69, 9.17) is 55.1 Å². The normalized spacial score (nSPS) is 37.8. The second-order valence-electron chi connectivity index (χ2n) is 26.2. The van der Waals surface area contributed by atoms with Crippen molar-refractivity contribution in [2.45, 2.75) is 205 Å². The number of ether oxygens (including phenoxy) is 7. The van der Waals surface area contributed by atoms with Gasteiger partial charge in [-0.15, -0.1) is 0 Å². The molecule has 2 heterocycles. The maximum atomic E-state index is 14.9. The first-order valence-electron chi connectivity index (χ1n) is 29.9. The molecule has 0 aromatic heterocycles. The van der Waals surface area contributed by atoms with Gasteiger partial charge in [-0.05, 0) is 74.3 Å². The molecule has 91 heavy (non-hydrogen) atoms. The van der Waals surface area contributed by atoms with Crippen LogP contribution in [0, 0.1) is 64.2 Å². The summed E-state index contributed by atoms with van der Waals surface area (Å²) in [5, 5.41) is 90.4. The molecule has 0 radical (unpaired) electrons. The van der Waals surface area contributed by atoms with Gasteiger partial charge in [0.15, 0.2) is 28.9 Å². The Bertz CT molecular complexity index is 3210. The SMILES string of the molecule is CC(=O)O[C@@]12CO[C@@H]1C[C@H](O)[C@@]1(C)C(=O)[C@H](O)C3=C(C)[C@@H](O)C[C@@](O)([C@@H](OC(=O)c4ccccc4)C12)C3(C)C.CCC(=O)O.CCC(=O)O[C@H]1C(=O)[C@@]2(C)C([C@H](OC(=O)c3ccccc3)[C@]3(O)C[C@H](O)C(C)=C1C3(C)C)[C@]1(OC(C)=O)CO[C@@H]1C[C@@H]2O.[Cl][Ce]([Cl])[Cl]. The molecule has 27 heteroatoms. The van der Waals surface area contributed by atoms with Crippen LogP contribution >= 0.6 is 16.9 Å². The van der Waals surface area contributed by atoms with Gasteiger partial charge in [0.25, 0.3) is 0 Å². The molecule has 2 saturated heterocycles. The summed E-state index contributed by atoms with van der Waals surface area (Å²) in [5.74, 6) is -8.66. The van der Waals surface area contributed by atoms with E-state index in [0.717, 1.165) is 0 Å². The Morgan fingerprint density at radius 1 is 0.582 bits per heavy atom. The van der Waals surface area contributed by atoms with Crippen molar-refractivity contribution in [1.82, 2.24) is 0 Å².